The van der Waals surface area contributed by atoms with Gasteiger partial charge < -0.3 is 34.2 Å². The largest absolute Gasteiger partial charge is 0.497 e. The summed E-state index contributed by atoms with van der Waals surface area (Å²) >= 11 is 0. The summed E-state index contributed by atoms with van der Waals surface area (Å²) in [6, 6.07) is 25.8. The Labute approximate surface area is 288 Å². The van der Waals surface area contributed by atoms with Gasteiger partial charge in [0.1, 0.15) is 47.3 Å². The van der Waals surface area contributed by atoms with Crippen LogP contribution in [-0.2, 0) is 19.5 Å². The monoisotopic (exact) mass is 683 g/mol. The smallest absolute Gasteiger partial charge is 0.192 e. The molecule has 49 heavy (non-hydrogen) atoms. The van der Waals surface area contributed by atoms with Crippen LogP contribution in [0.4, 0.5) is 5.82 Å². The molecule has 0 amide bonds. The SMILES string of the molecule is COc1ccc(C(OC[C@H]2O[C@@H](n3cnc4c(N)ncnc43)[C@@H](O)[C@H]2O[Si](C)(C)C(C)(C)C)(c2ccccc2)c2ccc(OC)cc2)cc1. The van der Waals surface area contributed by atoms with Gasteiger partial charge in [-0.25, -0.2) is 15.0 Å². The van der Waals surface area contributed by atoms with E-state index in [0.717, 1.165) is 28.2 Å². The number of benzene rings is 3. The molecule has 3 aromatic carbocycles. The van der Waals surface area contributed by atoms with Gasteiger partial charge in [0.25, 0.3) is 0 Å². The zero-order valence-corrected chi connectivity index (χ0v) is 30.0. The van der Waals surface area contributed by atoms with Gasteiger partial charge in [0.05, 0.1) is 27.2 Å². The van der Waals surface area contributed by atoms with E-state index in [1.54, 1.807) is 25.1 Å². The molecular formula is C37H45N5O6Si. The molecule has 1 saturated heterocycles. The molecule has 1 aliphatic rings. The summed E-state index contributed by atoms with van der Waals surface area (Å²) in [7, 11) is 0.875. The number of hydrogen-bond acceptors (Lipinski definition) is 10. The predicted octanol–water partition coefficient (Wildman–Crippen LogP) is 6.08. The number of anilines is 1. The number of nitrogen functional groups attached to an aromatic ring is 1. The highest BCUT2D eigenvalue weighted by Gasteiger charge is 2.52. The molecule has 0 spiro atoms. The number of nitrogens with two attached hydrogens (primary N) is 1. The lowest BCUT2D eigenvalue weighted by Gasteiger charge is -2.41. The third-order valence-corrected chi connectivity index (χ3v) is 14.3. The summed E-state index contributed by atoms with van der Waals surface area (Å²) in [5.74, 6) is 1.70. The number of rotatable bonds is 11. The maximum Gasteiger partial charge on any atom is 0.192 e. The van der Waals surface area contributed by atoms with Crippen molar-refractivity contribution in [2.45, 2.75) is 69.0 Å². The van der Waals surface area contributed by atoms with E-state index >= 15 is 0 Å². The molecule has 12 heteroatoms. The van der Waals surface area contributed by atoms with Crippen LogP contribution < -0.4 is 15.2 Å². The van der Waals surface area contributed by atoms with Crippen LogP contribution in [0.15, 0.2) is 91.5 Å². The number of aromatic nitrogens is 4. The lowest BCUT2D eigenvalue weighted by molar-refractivity contribution is -0.0930. The molecule has 258 valence electrons. The zero-order valence-electron chi connectivity index (χ0n) is 29.0. The summed E-state index contributed by atoms with van der Waals surface area (Å²) in [5, 5.41) is 11.9. The fourth-order valence-electron chi connectivity index (χ4n) is 6.08. The van der Waals surface area contributed by atoms with Crippen molar-refractivity contribution in [1.29, 1.82) is 0 Å². The number of nitrogens with zero attached hydrogens (tertiary/aromatic N) is 4. The fraction of sp³-hybridized carbons (Fsp3) is 0.378. The maximum atomic E-state index is 12.0. The second-order valence-corrected chi connectivity index (χ2v) is 18.6. The molecule has 3 N–H and O–H groups in total. The molecule has 1 fully saturated rings. The highest BCUT2D eigenvalue weighted by atomic mass is 28.4. The molecular weight excluding hydrogens is 639 g/mol. The van der Waals surface area contributed by atoms with Crippen molar-refractivity contribution in [1.82, 2.24) is 19.5 Å². The Hall–Kier alpha value is -4.33. The normalized spacial score (nSPS) is 20.1. The van der Waals surface area contributed by atoms with Gasteiger partial charge in [-0.3, -0.25) is 4.57 Å². The van der Waals surface area contributed by atoms with Crippen molar-refractivity contribution in [2.24, 2.45) is 0 Å². The van der Waals surface area contributed by atoms with Gasteiger partial charge >= 0.3 is 0 Å². The quantitative estimate of drug-likeness (QED) is 0.125. The van der Waals surface area contributed by atoms with Gasteiger partial charge in [-0.15, -0.1) is 0 Å². The third-order valence-electron chi connectivity index (χ3n) is 9.85. The van der Waals surface area contributed by atoms with Gasteiger partial charge in [0.2, 0.25) is 0 Å². The average Bonchev–Trinajstić information content (AvgIpc) is 3.66. The molecule has 3 heterocycles. The van der Waals surface area contributed by atoms with Crippen LogP contribution in [-0.4, -0.2) is 72.1 Å². The van der Waals surface area contributed by atoms with Crippen LogP contribution in [0.25, 0.3) is 11.2 Å². The number of hydrogen-bond donors (Lipinski definition) is 2. The fourth-order valence-corrected chi connectivity index (χ4v) is 7.41. The average molecular weight is 684 g/mol. The van der Waals surface area contributed by atoms with E-state index in [4.69, 9.17) is 29.1 Å². The van der Waals surface area contributed by atoms with E-state index in [1.807, 2.05) is 78.9 Å². The van der Waals surface area contributed by atoms with Crippen LogP contribution in [0.1, 0.15) is 43.7 Å². The lowest BCUT2D eigenvalue weighted by Crippen LogP contribution is -2.50. The molecule has 4 atom stereocenters. The topological polar surface area (TPSA) is 136 Å². The number of aliphatic hydroxyl groups is 1. The highest BCUT2D eigenvalue weighted by Crippen LogP contribution is 2.45. The standard InChI is InChI=1S/C37H45N5O6Si/c1-36(2,3)49(6,7)48-32-29(47-35(31(32)43)42-23-41-30-33(38)39-22-40-34(30)42)21-46-37(24-11-9-8-10-12-24,25-13-17-27(44-4)18-14-25)26-15-19-28(45-5)20-16-26/h8-20,22-23,29,31-32,35,43H,21H2,1-7H3,(H2,38,39,40)/t29-,31+,32+,35-/m1/s1. The number of imidazole rings is 1. The third kappa shape index (κ3) is 6.42. The van der Waals surface area contributed by atoms with Crippen molar-refractivity contribution in [3.63, 3.8) is 0 Å². The summed E-state index contributed by atoms with van der Waals surface area (Å²) in [6.45, 7) is 10.9. The van der Waals surface area contributed by atoms with E-state index in [2.05, 4.69) is 48.8 Å². The molecule has 0 radical (unpaired) electrons. The first kappa shape index (κ1) is 34.5. The summed E-state index contributed by atoms with van der Waals surface area (Å²) in [6.07, 6.45) is -0.383. The van der Waals surface area contributed by atoms with Crippen molar-refractivity contribution >= 4 is 25.3 Å². The van der Waals surface area contributed by atoms with Crippen LogP contribution in [0.3, 0.4) is 0 Å². The molecule has 2 aromatic heterocycles. The first-order valence-corrected chi connectivity index (χ1v) is 19.2. The number of aliphatic hydroxyl groups excluding tert-OH is 1. The van der Waals surface area contributed by atoms with Crippen molar-refractivity contribution in [2.75, 3.05) is 26.6 Å². The lowest BCUT2D eigenvalue weighted by atomic mass is 9.80. The van der Waals surface area contributed by atoms with Crippen molar-refractivity contribution < 1.29 is 28.5 Å². The van der Waals surface area contributed by atoms with Crippen LogP contribution in [0.5, 0.6) is 11.5 Å². The summed E-state index contributed by atoms with van der Waals surface area (Å²) in [4.78, 5) is 12.9. The second kappa shape index (κ2) is 13.5. The molecule has 0 saturated carbocycles. The van der Waals surface area contributed by atoms with Crippen molar-refractivity contribution in [3.05, 3.63) is 108 Å². The van der Waals surface area contributed by atoms with Gasteiger partial charge in [0, 0.05) is 0 Å². The predicted molar refractivity (Wildman–Crippen MR) is 190 cm³/mol. The molecule has 11 nitrogen and oxygen atoms in total. The molecule has 0 unspecified atom stereocenters. The Morgan fingerprint density at radius 1 is 0.837 bits per heavy atom. The van der Waals surface area contributed by atoms with Crippen molar-refractivity contribution in [3.8, 4) is 11.5 Å². The van der Waals surface area contributed by atoms with E-state index in [-0.39, 0.29) is 17.5 Å². The van der Waals surface area contributed by atoms with Gasteiger partial charge in [-0.2, -0.15) is 0 Å². The van der Waals surface area contributed by atoms with E-state index in [0.29, 0.717) is 11.2 Å². The molecule has 0 aliphatic carbocycles. The summed E-state index contributed by atoms with van der Waals surface area (Å²) < 4.78 is 33.6. The van der Waals surface area contributed by atoms with Gasteiger partial charge in [0.15, 0.2) is 26.0 Å². The van der Waals surface area contributed by atoms with E-state index in [1.165, 1.54) is 6.33 Å². The van der Waals surface area contributed by atoms with E-state index in [9.17, 15) is 5.11 Å². The van der Waals surface area contributed by atoms with Crippen LogP contribution in [0, 0.1) is 0 Å². The Morgan fingerprint density at radius 3 is 1.96 bits per heavy atom. The maximum absolute atomic E-state index is 12.0. The molecule has 0 bridgehead atoms. The van der Waals surface area contributed by atoms with Crippen LogP contribution >= 0.6 is 0 Å². The van der Waals surface area contributed by atoms with Gasteiger partial charge in [-0.05, 0) is 59.1 Å². The highest BCUT2D eigenvalue weighted by molar-refractivity contribution is 6.74. The Balaban J connectivity index is 1.45. The first-order valence-electron chi connectivity index (χ1n) is 16.3. The van der Waals surface area contributed by atoms with Gasteiger partial charge in [-0.1, -0.05) is 75.4 Å². The summed E-state index contributed by atoms with van der Waals surface area (Å²) in [5.41, 5.74) is 8.58. The Kier molecular flexibility index (Phi) is 9.53. The number of methoxy groups -OCH3 is 2. The first-order chi connectivity index (χ1) is 23.4. The second-order valence-electron chi connectivity index (χ2n) is 13.8. The minimum absolute atomic E-state index is 0.0730. The Morgan fingerprint density at radius 2 is 1.41 bits per heavy atom. The molecule has 1 aliphatic heterocycles. The minimum atomic E-state index is -2.41. The minimum Gasteiger partial charge on any atom is -0.497 e. The molecule has 6 rings (SSSR count). The number of ether oxygens (including phenoxy) is 4. The molecule has 5 aromatic rings. The number of fused-ring (bicyclic) bond motifs is 1. The van der Waals surface area contributed by atoms with Crippen LogP contribution in [0.2, 0.25) is 18.1 Å². The zero-order chi connectivity index (χ0) is 35.0. The Bertz CT molecular complexity index is 1810. The van der Waals surface area contributed by atoms with E-state index < -0.39 is 38.5 Å².